The van der Waals surface area contributed by atoms with E-state index in [2.05, 4.69) is 0 Å². The molecule has 2 heterocycles. The lowest BCUT2D eigenvalue weighted by Crippen LogP contribution is -2.01. The molecule has 0 saturated carbocycles. The van der Waals surface area contributed by atoms with Crippen molar-refractivity contribution < 1.29 is 20.9 Å². The van der Waals surface area contributed by atoms with Gasteiger partial charge in [-0.1, -0.05) is 127 Å². The van der Waals surface area contributed by atoms with Crippen LogP contribution in [0.5, 0.6) is 0 Å². The van der Waals surface area contributed by atoms with Crippen LogP contribution in [0.25, 0.3) is 88.8 Å². The Morgan fingerprint density at radius 3 is 2.07 bits per heavy atom. The van der Waals surface area contributed by atoms with E-state index >= 15 is 0 Å². The summed E-state index contributed by atoms with van der Waals surface area (Å²) < 4.78 is 108. The van der Waals surface area contributed by atoms with Crippen LogP contribution < -0.4 is 0 Å². The maximum absolute atomic E-state index is 9.06. The zero-order valence-electron chi connectivity index (χ0n) is 35.3. The Labute approximate surface area is 276 Å². The molecule has 0 aliphatic rings. The van der Waals surface area contributed by atoms with Crippen molar-refractivity contribution in [2.75, 3.05) is 0 Å². The molecule has 4 nitrogen and oxygen atoms in total. The molecule has 0 radical (unpaired) electrons. The number of para-hydroxylation sites is 1. The van der Waals surface area contributed by atoms with Crippen molar-refractivity contribution in [3.63, 3.8) is 0 Å². The van der Waals surface area contributed by atoms with E-state index in [4.69, 9.17) is 35.8 Å². The summed E-state index contributed by atoms with van der Waals surface area (Å²) in [4.78, 5) is 14.5. The standard InChI is InChI=1S/C41H25N3O/c1-2-10-26(11-3-1)29-22-20-27-21-23-30(25-31(27)24-29)39-42-40(33-16-8-13-28-12-4-5-14-32(28)33)44-41(43-39)35-17-9-19-37-38(35)34-15-6-7-18-36(34)45-37/h1-25H/i1D,2D,3D,4D,5D,8D,10D,11D,12D,13D,14D,16D. The van der Waals surface area contributed by atoms with Crippen molar-refractivity contribution >= 4 is 43.5 Å². The molecular formula is C41H25N3O. The highest BCUT2D eigenvalue weighted by molar-refractivity contribution is 6.11. The average Bonchev–Trinajstić information content (AvgIpc) is 3.61. The highest BCUT2D eigenvalue weighted by Crippen LogP contribution is 2.37. The Morgan fingerprint density at radius 1 is 0.444 bits per heavy atom. The monoisotopic (exact) mass is 587 g/mol. The van der Waals surface area contributed by atoms with Crippen LogP contribution >= 0.6 is 0 Å². The quantitative estimate of drug-likeness (QED) is 0.205. The summed E-state index contributed by atoms with van der Waals surface area (Å²) in [6.07, 6.45) is 0. The van der Waals surface area contributed by atoms with Gasteiger partial charge in [-0.2, -0.15) is 0 Å². The van der Waals surface area contributed by atoms with Gasteiger partial charge in [0.1, 0.15) is 11.2 Å². The second-order valence-corrected chi connectivity index (χ2v) is 10.4. The van der Waals surface area contributed by atoms with Crippen LogP contribution in [0.4, 0.5) is 0 Å². The first-order valence-electron chi connectivity index (χ1n) is 20.0. The first-order valence-corrected chi connectivity index (χ1v) is 14.0. The molecule has 0 N–H and O–H groups in total. The fourth-order valence-electron chi connectivity index (χ4n) is 5.61. The number of hydrogen-bond donors (Lipinski definition) is 0. The summed E-state index contributed by atoms with van der Waals surface area (Å²) >= 11 is 0. The summed E-state index contributed by atoms with van der Waals surface area (Å²) in [6.45, 7) is 0. The summed E-state index contributed by atoms with van der Waals surface area (Å²) in [6, 6.07) is 17.4. The third-order valence-corrected chi connectivity index (χ3v) is 7.70. The van der Waals surface area contributed by atoms with Gasteiger partial charge in [0.25, 0.3) is 0 Å². The molecule has 7 aromatic carbocycles. The molecule has 0 saturated heterocycles. The van der Waals surface area contributed by atoms with Gasteiger partial charge in [0.2, 0.25) is 0 Å². The zero-order valence-corrected chi connectivity index (χ0v) is 23.3. The smallest absolute Gasteiger partial charge is 0.164 e. The van der Waals surface area contributed by atoms with Gasteiger partial charge in [0.15, 0.2) is 17.5 Å². The Morgan fingerprint density at radius 2 is 1.16 bits per heavy atom. The fraction of sp³-hybridized carbons (Fsp3) is 0. The summed E-state index contributed by atoms with van der Waals surface area (Å²) in [5.41, 5.74) is 2.43. The summed E-state index contributed by atoms with van der Waals surface area (Å²) in [5, 5.41) is 2.44. The number of nitrogens with zero attached hydrogens (tertiary/aromatic N) is 3. The van der Waals surface area contributed by atoms with Gasteiger partial charge < -0.3 is 4.42 Å². The van der Waals surface area contributed by atoms with E-state index in [1.165, 1.54) is 0 Å². The molecule has 4 heteroatoms. The van der Waals surface area contributed by atoms with Gasteiger partial charge >= 0.3 is 0 Å². The first-order chi connectivity index (χ1) is 27.3. The van der Waals surface area contributed by atoms with Crippen LogP contribution in [-0.2, 0) is 0 Å². The number of benzene rings is 7. The van der Waals surface area contributed by atoms with E-state index in [9.17, 15) is 0 Å². The summed E-state index contributed by atoms with van der Waals surface area (Å²) in [5.74, 6) is 0.0705. The van der Waals surface area contributed by atoms with Gasteiger partial charge in [-0.05, 0) is 56.9 Å². The first kappa shape index (κ1) is 16.1. The lowest BCUT2D eigenvalue weighted by atomic mass is 9.99. The van der Waals surface area contributed by atoms with E-state index in [-0.39, 0.29) is 51.5 Å². The van der Waals surface area contributed by atoms with E-state index in [0.29, 0.717) is 38.6 Å². The second-order valence-electron chi connectivity index (χ2n) is 10.4. The number of rotatable bonds is 4. The van der Waals surface area contributed by atoms with Gasteiger partial charge in [0, 0.05) is 27.5 Å². The Bertz CT molecular complexity index is 3200. The predicted molar refractivity (Wildman–Crippen MR) is 184 cm³/mol. The molecule has 0 aliphatic carbocycles. The minimum absolute atomic E-state index is 0.0434. The van der Waals surface area contributed by atoms with Gasteiger partial charge in [-0.3, -0.25) is 0 Å². The molecule has 2 aromatic heterocycles. The van der Waals surface area contributed by atoms with Crippen LogP contribution in [0.1, 0.15) is 16.4 Å². The lowest BCUT2D eigenvalue weighted by Gasteiger charge is -2.11. The minimum Gasteiger partial charge on any atom is -0.456 e. The molecule has 9 aromatic rings. The predicted octanol–water partition coefficient (Wildman–Crippen LogP) is 10.7. The molecule has 9 rings (SSSR count). The highest BCUT2D eigenvalue weighted by Gasteiger charge is 2.18. The van der Waals surface area contributed by atoms with Crippen molar-refractivity contribution in [2.45, 2.75) is 0 Å². The largest absolute Gasteiger partial charge is 0.456 e. The number of aromatic nitrogens is 3. The van der Waals surface area contributed by atoms with Crippen molar-refractivity contribution in [3.05, 3.63) is 151 Å². The van der Waals surface area contributed by atoms with Crippen LogP contribution in [-0.4, -0.2) is 15.0 Å². The van der Waals surface area contributed by atoms with Crippen LogP contribution in [0.2, 0.25) is 0 Å². The zero-order chi connectivity index (χ0) is 40.2. The SMILES string of the molecule is [2H]c1c([2H])c([2H])c(-c2ccc3ccc(-c4nc(-c5c([2H])c([2H])c([2H])c6c([2H])c([2H])c([2H])c([2H])c56)nc(-c5cccc6oc7ccccc7c56)n4)cc3c2)c([2H])c1[2H]. The lowest BCUT2D eigenvalue weighted by molar-refractivity contribution is 0.669. The second kappa shape index (κ2) is 10.2. The third-order valence-electron chi connectivity index (χ3n) is 7.70. The van der Waals surface area contributed by atoms with E-state index in [1.54, 1.807) is 42.5 Å². The maximum atomic E-state index is 9.06. The molecule has 0 fully saturated rings. The molecule has 0 atom stereocenters. The van der Waals surface area contributed by atoms with Crippen LogP contribution in [0, 0.1) is 0 Å². The highest BCUT2D eigenvalue weighted by atomic mass is 16.3. The van der Waals surface area contributed by atoms with Gasteiger partial charge in [-0.25, -0.2) is 15.0 Å². The van der Waals surface area contributed by atoms with Gasteiger partial charge in [0.05, 0.1) is 16.4 Å². The van der Waals surface area contributed by atoms with Crippen LogP contribution in [0.15, 0.2) is 156 Å². The average molecular weight is 588 g/mol. The third kappa shape index (κ3) is 4.35. The fourth-order valence-corrected chi connectivity index (χ4v) is 5.61. The molecule has 0 unspecified atom stereocenters. The van der Waals surface area contributed by atoms with Crippen molar-refractivity contribution in [2.24, 2.45) is 0 Å². The van der Waals surface area contributed by atoms with Crippen molar-refractivity contribution in [1.82, 2.24) is 15.0 Å². The molecular weight excluding hydrogens is 550 g/mol. The van der Waals surface area contributed by atoms with Crippen molar-refractivity contribution in [3.8, 4) is 45.3 Å². The summed E-state index contributed by atoms with van der Waals surface area (Å²) in [7, 11) is 0. The Hall–Kier alpha value is -6.13. The van der Waals surface area contributed by atoms with Crippen LogP contribution in [0.3, 0.4) is 0 Å². The van der Waals surface area contributed by atoms with Gasteiger partial charge in [-0.15, -0.1) is 0 Å². The number of furan rings is 1. The Balaban J connectivity index is 1.35. The normalized spacial score (nSPS) is 15.3. The minimum atomic E-state index is -0.584. The van der Waals surface area contributed by atoms with E-state index < -0.39 is 60.4 Å². The maximum Gasteiger partial charge on any atom is 0.164 e. The molecule has 0 bridgehead atoms. The Kier molecular flexibility index (Phi) is 3.66. The molecule has 45 heavy (non-hydrogen) atoms. The van der Waals surface area contributed by atoms with E-state index in [1.807, 2.05) is 36.4 Å². The molecule has 0 amide bonds. The number of hydrogen-bond acceptors (Lipinski definition) is 4. The van der Waals surface area contributed by atoms with Crippen molar-refractivity contribution in [1.29, 1.82) is 0 Å². The topological polar surface area (TPSA) is 51.8 Å². The molecule has 0 spiro atoms. The molecule has 0 aliphatic heterocycles. The van der Waals surface area contributed by atoms with E-state index in [0.717, 1.165) is 10.8 Å². The number of fused-ring (bicyclic) bond motifs is 5. The molecule has 210 valence electrons.